The summed E-state index contributed by atoms with van der Waals surface area (Å²) < 4.78 is 39.1. The monoisotopic (exact) mass is 318 g/mol. The predicted octanol–water partition coefficient (Wildman–Crippen LogP) is 3.40. The van der Waals surface area contributed by atoms with Crippen LogP contribution in [0.4, 0.5) is 18.9 Å². The van der Waals surface area contributed by atoms with E-state index < -0.39 is 23.6 Å². The molecular weight excluding hydrogens is 309 g/mol. The van der Waals surface area contributed by atoms with E-state index in [0.29, 0.717) is 6.29 Å². The highest BCUT2D eigenvalue weighted by Gasteiger charge is 2.43. The van der Waals surface area contributed by atoms with Gasteiger partial charge in [-0.3, -0.25) is 0 Å². The first-order valence-corrected chi connectivity index (χ1v) is 6.19. The van der Waals surface area contributed by atoms with Gasteiger partial charge in [0, 0.05) is 17.6 Å². The molecule has 2 heterocycles. The van der Waals surface area contributed by atoms with Gasteiger partial charge in [-0.25, -0.2) is 4.98 Å². The summed E-state index contributed by atoms with van der Waals surface area (Å²) in [5.74, 6) is -0.964. The average Bonchev–Trinajstić information content (AvgIpc) is 2.36. The van der Waals surface area contributed by atoms with Crippen LogP contribution in [0, 0.1) is 0 Å². The van der Waals surface area contributed by atoms with Crippen molar-refractivity contribution in [1.29, 1.82) is 0 Å². The molecule has 0 fully saturated rings. The summed E-state index contributed by atoms with van der Waals surface area (Å²) in [6.45, 7) is 1.18. The Bertz CT molecular complexity index is 641. The van der Waals surface area contributed by atoms with Gasteiger partial charge >= 0.3 is 6.18 Å². The summed E-state index contributed by atoms with van der Waals surface area (Å²) in [4.78, 5) is 16.0. The van der Waals surface area contributed by atoms with E-state index in [1.807, 2.05) is 0 Å². The van der Waals surface area contributed by atoms with Crippen LogP contribution in [0.3, 0.4) is 0 Å². The van der Waals surface area contributed by atoms with Gasteiger partial charge in [0.2, 0.25) is 0 Å². The lowest BCUT2D eigenvalue weighted by molar-refractivity contribution is -0.108. The van der Waals surface area contributed by atoms with E-state index >= 15 is 0 Å². The van der Waals surface area contributed by atoms with Crippen molar-refractivity contribution in [1.82, 2.24) is 4.98 Å². The van der Waals surface area contributed by atoms with E-state index in [-0.39, 0.29) is 16.5 Å². The number of hydrogen-bond acceptors (Lipinski definition) is 4. The third kappa shape index (κ3) is 2.87. The van der Waals surface area contributed by atoms with Gasteiger partial charge in [-0.2, -0.15) is 13.2 Å². The van der Waals surface area contributed by atoms with Gasteiger partial charge in [-0.05, 0) is 25.1 Å². The number of carbonyl (C=O) groups excluding carboxylic acids is 1. The first-order chi connectivity index (χ1) is 9.75. The summed E-state index contributed by atoms with van der Waals surface area (Å²) in [6.07, 6.45) is -2.15. The molecule has 8 heteroatoms. The fourth-order valence-corrected chi connectivity index (χ4v) is 2.38. The molecule has 112 valence electrons. The normalized spacial score (nSPS) is 19.6. The van der Waals surface area contributed by atoms with E-state index in [1.165, 1.54) is 25.3 Å². The van der Waals surface area contributed by atoms with Gasteiger partial charge in [0.15, 0.2) is 0 Å². The third-order valence-corrected chi connectivity index (χ3v) is 3.22. The molecule has 4 nitrogen and oxygen atoms in total. The molecule has 1 atom stereocenters. The van der Waals surface area contributed by atoms with Crippen LogP contribution in [0.1, 0.15) is 6.92 Å². The standard InChI is InChI=1S/C13H10ClF3N2O2/c1-7-12(13(15,16)17)10(21)4-9(6-20)19(7)8-2-3-18-11(14)5-8/h2-6,9,21H,1H3. The second-order valence-electron chi connectivity index (χ2n) is 4.34. The van der Waals surface area contributed by atoms with Crippen molar-refractivity contribution >= 4 is 23.6 Å². The van der Waals surface area contributed by atoms with E-state index in [4.69, 9.17) is 11.6 Å². The summed E-state index contributed by atoms with van der Waals surface area (Å²) in [6, 6.07) is 1.71. The van der Waals surface area contributed by atoms with Crippen LogP contribution in [0.15, 0.2) is 41.4 Å². The third-order valence-electron chi connectivity index (χ3n) is 3.02. The highest BCUT2D eigenvalue weighted by molar-refractivity contribution is 6.29. The maximum atomic E-state index is 13.0. The smallest absolute Gasteiger partial charge is 0.421 e. The van der Waals surface area contributed by atoms with Crippen LogP contribution in [0.25, 0.3) is 0 Å². The molecule has 2 rings (SSSR count). The highest BCUT2D eigenvalue weighted by atomic mass is 35.5. The van der Waals surface area contributed by atoms with Gasteiger partial charge in [-0.15, -0.1) is 0 Å². The fourth-order valence-electron chi connectivity index (χ4n) is 2.21. The lowest BCUT2D eigenvalue weighted by atomic mass is 10.0. The molecule has 1 aliphatic heterocycles. The number of rotatable bonds is 2. The van der Waals surface area contributed by atoms with Crippen molar-refractivity contribution in [2.45, 2.75) is 19.1 Å². The number of aliphatic hydroxyl groups is 1. The van der Waals surface area contributed by atoms with Crippen LogP contribution in [0.5, 0.6) is 0 Å². The number of aliphatic hydroxyl groups excluding tert-OH is 1. The molecule has 1 aromatic heterocycles. The number of pyridine rings is 1. The summed E-state index contributed by atoms with van der Waals surface area (Å²) in [7, 11) is 0. The molecule has 0 amide bonds. The van der Waals surface area contributed by atoms with Crippen molar-refractivity contribution in [2.24, 2.45) is 0 Å². The minimum absolute atomic E-state index is 0.0808. The van der Waals surface area contributed by atoms with Crippen molar-refractivity contribution in [3.63, 3.8) is 0 Å². The average molecular weight is 319 g/mol. The van der Waals surface area contributed by atoms with Gasteiger partial charge in [0.05, 0.1) is 0 Å². The van der Waals surface area contributed by atoms with Crippen LogP contribution in [-0.4, -0.2) is 28.6 Å². The second kappa shape index (κ2) is 5.40. The molecule has 1 aromatic rings. The Hall–Kier alpha value is -2.02. The zero-order chi connectivity index (χ0) is 15.8. The van der Waals surface area contributed by atoms with Crippen LogP contribution < -0.4 is 4.90 Å². The quantitative estimate of drug-likeness (QED) is 0.671. The largest absolute Gasteiger partial charge is 0.507 e. The zero-order valence-corrected chi connectivity index (χ0v) is 11.5. The number of aromatic nitrogens is 1. The van der Waals surface area contributed by atoms with Crippen molar-refractivity contribution < 1.29 is 23.1 Å². The number of aldehydes is 1. The van der Waals surface area contributed by atoms with Gasteiger partial charge < -0.3 is 14.8 Å². The van der Waals surface area contributed by atoms with Gasteiger partial charge in [-0.1, -0.05) is 11.6 Å². The van der Waals surface area contributed by atoms with Gasteiger partial charge in [0.25, 0.3) is 0 Å². The molecule has 21 heavy (non-hydrogen) atoms. The van der Waals surface area contributed by atoms with E-state index in [1.54, 1.807) is 0 Å². The summed E-state index contributed by atoms with van der Waals surface area (Å²) in [5.41, 5.74) is -1.20. The van der Waals surface area contributed by atoms with E-state index in [0.717, 1.165) is 11.0 Å². The molecule has 0 aliphatic carbocycles. The lowest BCUT2D eigenvalue weighted by Gasteiger charge is -2.34. The molecule has 0 saturated heterocycles. The van der Waals surface area contributed by atoms with Crippen LogP contribution in [0.2, 0.25) is 5.15 Å². The molecule has 1 aliphatic rings. The number of nitrogens with zero attached hydrogens (tertiary/aromatic N) is 2. The SMILES string of the molecule is CC1=C(C(F)(F)F)C(O)=CC(C=O)N1c1ccnc(Cl)c1. The highest BCUT2D eigenvalue weighted by Crippen LogP contribution is 2.39. The first kappa shape index (κ1) is 15.4. The van der Waals surface area contributed by atoms with E-state index in [2.05, 4.69) is 4.98 Å². The Kier molecular flexibility index (Phi) is 3.95. The summed E-state index contributed by atoms with van der Waals surface area (Å²) >= 11 is 5.73. The number of anilines is 1. The minimum atomic E-state index is -4.74. The number of allylic oxidation sites excluding steroid dienone is 2. The van der Waals surface area contributed by atoms with Gasteiger partial charge in [0.1, 0.15) is 28.8 Å². The Balaban J connectivity index is 2.62. The lowest BCUT2D eigenvalue weighted by Crippen LogP contribution is -2.39. The van der Waals surface area contributed by atoms with Crippen LogP contribution in [-0.2, 0) is 4.79 Å². The molecule has 0 bridgehead atoms. The Labute approximate surface area is 123 Å². The molecule has 0 aromatic carbocycles. The molecule has 0 saturated carbocycles. The maximum absolute atomic E-state index is 13.0. The zero-order valence-electron chi connectivity index (χ0n) is 10.7. The van der Waals surface area contributed by atoms with Crippen LogP contribution >= 0.6 is 11.6 Å². The molecule has 1 unspecified atom stereocenters. The Morgan fingerprint density at radius 3 is 2.67 bits per heavy atom. The van der Waals surface area contributed by atoms with Crippen molar-refractivity contribution in [3.05, 3.63) is 46.6 Å². The number of hydrogen-bond donors (Lipinski definition) is 1. The molecule has 0 spiro atoms. The Morgan fingerprint density at radius 1 is 1.48 bits per heavy atom. The number of alkyl halides is 3. The molecule has 1 N–H and O–H groups in total. The minimum Gasteiger partial charge on any atom is -0.507 e. The molecule has 0 radical (unpaired) electrons. The predicted molar refractivity (Wildman–Crippen MR) is 71.0 cm³/mol. The topological polar surface area (TPSA) is 53.4 Å². The fraction of sp³-hybridized carbons (Fsp3) is 0.231. The van der Waals surface area contributed by atoms with E-state index in [9.17, 15) is 23.1 Å². The second-order valence-corrected chi connectivity index (χ2v) is 4.73. The summed E-state index contributed by atoms with van der Waals surface area (Å²) in [5, 5.41) is 9.64. The number of halogens is 4. The number of carbonyl (C=O) groups is 1. The van der Waals surface area contributed by atoms with Crippen molar-refractivity contribution in [3.8, 4) is 0 Å². The maximum Gasteiger partial charge on any atom is 0.421 e. The first-order valence-electron chi connectivity index (χ1n) is 5.81. The van der Waals surface area contributed by atoms with Crippen molar-refractivity contribution in [2.75, 3.05) is 4.90 Å². The molecular formula is C13H10ClF3N2O2. The Morgan fingerprint density at radius 2 is 2.14 bits per heavy atom.